The number of hydrogen-bond donors (Lipinski definition) is 0. The molecule has 1 unspecified atom stereocenters. The van der Waals surface area contributed by atoms with Crippen LogP contribution in [0.5, 0.6) is 5.75 Å². The second-order valence-corrected chi connectivity index (χ2v) is 4.25. The van der Waals surface area contributed by atoms with Crippen molar-refractivity contribution in [2.75, 3.05) is 12.9 Å². The molecule has 1 rings (SSSR count). The van der Waals surface area contributed by atoms with Crippen molar-refractivity contribution in [1.29, 1.82) is 5.26 Å². The Kier molecular flexibility index (Phi) is 4.70. The minimum Gasteiger partial charge on any atom is -0.496 e. The fourth-order valence-electron chi connectivity index (χ4n) is 1.12. The number of nitrogens with zero attached hydrogens (tertiary/aromatic N) is 1. The first kappa shape index (κ1) is 13.7. The van der Waals surface area contributed by atoms with E-state index < -0.39 is 12.1 Å². The predicted molar refractivity (Wildman–Crippen MR) is 58.9 cm³/mol. The van der Waals surface area contributed by atoms with E-state index >= 15 is 0 Å². The number of para-hydroxylation sites is 1. The van der Waals surface area contributed by atoms with Crippen molar-refractivity contribution in [2.45, 2.75) is 11.1 Å². The molecule has 92 valence electrons. The molecule has 1 atom stereocenters. The van der Waals surface area contributed by atoms with Gasteiger partial charge in [0, 0.05) is 10.6 Å². The summed E-state index contributed by atoms with van der Waals surface area (Å²) in [6.07, 6.45) is -4.48. The minimum atomic E-state index is -4.48. The molecule has 0 N–H and O–H groups in total. The van der Waals surface area contributed by atoms with Gasteiger partial charge in [0.25, 0.3) is 0 Å². The normalized spacial score (nSPS) is 12.9. The lowest BCUT2D eigenvalue weighted by Gasteiger charge is -2.13. The maximum atomic E-state index is 12.3. The molecular formula is C11H10F3NOS. The average molecular weight is 261 g/mol. The summed E-state index contributed by atoms with van der Waals surface area (Å²) < 4.78 is 42.0. The summed E-state index contributed by atoms with van der Waals surface area (Å²) in [7, 11) is 1.45. The molecule has 0 saturated heterocycles. The first-order valence-corrected chi connectivity index (χ1v) is 5.69. The van der Waals surface area contributed by atoms with Gasteiger partial charge < -0.3 is 4.74 Å². The van der Waals surface area contributed by atoms with Gasteiger partial charge in [0.2, 0.25) is 0 Å². The number of nitriles is 1. The second kappa shape index (κ2) is 5.82. The van der Waals surface area contributed by atoms with Crippen molar-refractivity contribution in [1.82, 2.24) is 0 Å². The molecule has 1 aromatic carbocycles. The number of ether oxygens (including phenoxy) is 1. The van der Waals surface area contributed by atoms with Gasteiger partial charge in [-0.2, -0.15) is 18.4 Å². The average Bonchev–Trinajstić information content (AvgIpc) is 2.28. The fraction of sp³-hybridized carbons (Fsp3) is 0.364. The van der Waals surface area contributed by atoms with Crippen molar-refractivity contribution in [2.24, 2.45) is 5.92 Å². The first-order valence-electron chi connectivity index (χ1n) is 4.71. The SMILES string of the molecule is COc1ccccc1SCC(C#N)C(F)(F)F. The maximum absolute atomic E-state index is 12.3. The van der Waals surface area contributed by atoms with Crippen molar-refractivity contribution < 1.29 is 17.9 Å². The monoisotopic (exact) mass is 261 g/mol. The third-order valence-electron chi connectivity index (χ3n) is 2.03. The van der Waals surface area contributed by atoms with Gasteiger partial charge in [-0.15, -0.1) is 11.8 Å². The summed E-state index contributed by atoms with van der Waals surface area (Å²) in [5.41, 5.74) is 0. The van der Waals surface area contributed by atoms with Gasteiger partial charge >= 0.3 is 6.18 Å². The van der Waals surface area contributed by atoms with Crippen LogP contribution in [0.15, 0.2) is 29.2 Å². The van der Waals surface area contributed by atoms with Gasteiger partial charge in [0.1, 0.15) is 5.75 Å². The Morgan fingerprint density at radius 1 is 1.41 bits per heavy atom. The Hall–Kier alpha value is -1.35. The Balaban J connectivity index is 2.70. The lowest BCUT2D eigenvalue weighted by atomic mass is 10.2. The Morgan fingerprint density at radius 3 is 2.59 bits per heavy atom. The van der Waals surface area contributed by atoms with Crippen molar-refractivity contribution >= 4 is 11.8 Å². The number of thioether (sulfide) groups is 1. The van der Waals surface area contributed by atoms with E-state index in [1.807, 2.05) is 0 Å². The Labute approximate surface area is 101 Å². The fourth-order valence-corrected chi connectivity index (χ4v) is 2.19. The van der Waals surface area contributed by atoms with E-state index in [1.54, 1.807) is 24.3 Å². The molecule has 0 aromatic heterocycles. The van der Waals surface area contributed by atoms with Crippen LogP contribution in [-0.2, 0) is 0 Å². The van der Waals surface area contributed by atoms with Crippen LogP contribution in [0.25, 0.3) is 0 Å². The molecule has 0 heterocycles. The molecule has 0 amide bonds. The zero-order valence-electron chi connectivity index (χ0n) is 8.99. The van der Waals surface area contributed by atoms with E-state index in [-0.39, 0.29) is 5.75 Å². The highest BCUT2D eigenvalue weighted by molar-refractivity contribution is 7.99. The molecule has 1 aromatic rings. The Bertz CT molecular complexity index is 414. The van der Waals surface area contributed by atoms with Crippen molar-refractivity contribution in [3.05, 3.63) is 24.3 Å². The standard InChI is InChI=1S/C11H10F3NOS/c1-16-9-4-2-3-5-10(9)17-7-8(6-15)11(12,13)14/h2-5,8H,7H2,1H3. The lowest BCUT2D eigenvalue weighted by molar-refractivity contribution is -0.152. The minimum absolute atomic E-state index is 0.333. The van der Waals surface area contributed by atoms with Crippen LogP contribution in [0.4, 0.5) is 13.2 Å². The molecule has 0 saturated carbocycles. The van der Waals surface area contributed by atoms with Crippen LogP contribution in [0.3, 0.4) is 0 Å². The molecular weight excluding hydrogens is 251 g/mol. The molecule has 6 heteroatoms. The summed E-state index contributed by atoms with van der Waals surface area (Å²) in [6.45, 7) is 0. The number of methoxy groups -OCH3 is 1. The molecule has 2 nitrogen and oxygen atoms in total. The van der Waals surface area contributed by atoms with Gasteiger partial charge in [0.05, 0.1) is 13.2 Å². The third-order valence-corrected chi connectivity index (χ3v) is 3.17. The van der Waals surface area contributed by atoms with Crippen molar-refractivity contribution in [3.8, 4) is 11.8 Å². The molecule has 0 aliphatic heterocycles. The summed E-state index contributed by atoms with van der Waals surface area (Å²) in [6, 6.07) is 8.03. The highest BCUT2D eigenvalue weighted by Gasteiger charge is 2.39. The van der Waals surface area contributed by atoms with Crippen LogP contribution >= 0.6 is 11.8 Å². The summed E-state index contributed by atoms with van der Waals surface area (Å²) in [5, 5.41) is 8.45. The third kappa shape index (κ3) is 3.86. The second-order valence-electron chi connectivity index (χ2n) is 3.19. The van der Waals surface area contributed by atoms with Crippen LogP contribution in [0.2, 0.25) is 0 Å². The van der Waals surface area contributed by atoms with Gasteiger partial charge in [-0.05, 0) is 12.1 Å². The lowest BCUT2D eigenvalue weighted by Crippen LogP contribution is -2.23. The highest BCUT2D eigenvalue weighted by atomic mass is 32.2. The van der Waals surface area contributed by atoms with E-state index in [1.165, 1.54) is 13.2 Å². The molecule has 0 aliphatic carbocycles. The van der Waals surface area contributed by atoms with Crippen molar-refractivity contribution in [3.63, 3.8) is 0 Å². The predicted octanol–water partition coefficient (Wildman–Crippen LogP) is 3.49. The quantitative estimate of drug-likeness (QED) is 0.778. The van der Waals surface area contributed by atoms with Crippen LogP contribution in [0, 0.1) is 17.2 Å². The van der Waals surface area contributed by atoms with Gasteiger partial charge in [0.15, 0.2) is 5.92 Å². The van der Waals surface area contributed by atoms with E-state index in [0.29, 0.717) is 10.6 Å². The molecule has 0 radical (unpaired) electrons. The van der Waals surface area contributed by atoms with Crippen LogP contribution < -0.4 is 4.74 Å². The molecule has 0 bridgehead atoms. The van der Waals surface area contributed by atoms with Gasteiger partial charge in [-0.3, -0.25) is 0 Å². The van der Waals surface area contributed by atoms with E-state index in [2.05, 4.69) is 0 Å². The molecule has 0 fully saturated rings. The van der Waals surface area contributed by atoms with Gasteiger partial charge in [-0.1, -0.05) is 12.1 Å². The summed E-state index contributed by atoms with van der Waals surface area (Å²) >= 11 is 0.964. The van der Waals surface area contributed by atoms with Crippen LogP contribution in [-0.4, -0.2) is 19.0 Å². The molecule has 17 heavy (non-hydrogen) atoms. The van der Waals surface area contributed by atoms with Gasteiger partial charge in [-0.25, -0.2) is 0 Å². The number of alkyl halides is 3. The highest BCUT2D eigenvalue weighted by Crippen LogP contribution is 2.34. The topological polar surface area (TPSA) is 33.0 Å². The summed E-state index contributed by atoms with van der Waals surface area (Å²) in [4.78, 5) is 0.597. The zero-order chi connectivity index (χ0) is 12.9. The first-order chi connectivity index (χ1) is 7.99. The van der Waals surface area contributed by atoms with E-state index in [0.717, 1.165) is 11.8 Å². The number of rotatable bonds is 4. The summed E-state index contributed by atoms with van der Waals surface area (Å²) in [5.74, 6) is -1.78. The molecule has 0 spiro atoms. The Morgan fingerprint density at radius 2 is 2.06 bits per heavy atom. The number of hydrogen-bond acceptors (Lipinski definition) is 3. The van der Waals surface area contributed by atoms with E-state index in [9.17, 15) is 13.2 Å². The molecule has 0 aliphatic rings. The zero-order valence-corrected chi connectivity index (χ0v) is 9.81. The van der Waals surface area contributed by atoms with E-state index in [4.69, 9.17) is 10.00 Å². The largest absolute Gasteiger partial charge is 0.496 e. The number of benzene rings is 1. The number of halogens is 3. The smallest absolute Gasteiger partial charge is 0.405 e. The maximum Gasteiger partial charge on any atom is 0.405 e. The van der Waals surface area contributed by atoms with Crippen LogP contribution in [0.1, 0.15) is 0 Å².